The molecule has 1 heterocycles. The van der Waals surface area contributed by atoms with Gasteiger partial charge in [0.05, 0.1) is 5.56 Å². The molecule has 2 nitrogen and oxygen atoms in total. The molecule has 0 aromatic heterocycles. The maximum Gasteiger partial charge on any atom is 0.416 e. The molecule has 2 rings (SSSR count). The molecule has 1 aromatic carbocycles. The van der Waals surface area contributed by atoms with Crippen molar-refractivity contribution in [2.45, 2.75) is 13.1 Å². The highest BCUT2D eigenvalue weighted by Gasteiger charge is 2.31. The monoisotopic (exact) mass is 256 g/mol. The van der Waals surface area contributed by atoms with Crippen LogP contribution >= 0.6 is 0 Å². The topological polar surface area (TPSA) is 6.48 Å². The van der Waals surface area contributed by atoms with Crippen molar-refractivity contribution in [3.8, 4) is 0 Å². The molecule has 0 spiro atoms. The minimum atomic E-state index is -4.29. The highest BCUT2D eigenvalue weighted by Crippen LogP contribution is 2.33. The molecule has 1 aliphatic rings. The van der Waals surface area contributed by atoms with E-state index >= 15 is 0 Å². The summed E-state index contributed by atoms with van der Waals surface area (Å²) in [6, 6.07) is 4.14. The summed E-state index contributed by atoms with van der Waals surface area (Å²) >= 11 is 0. The normalized spacial score (nSPS) is 16.3. The molecular weight excluding hydrogens is 241 g/mol. The molecule has 0 bridgehead atoms. The van der Waals surface area contributed by atoms with E-state index in [1.54, 1.807) is 19.2 Å². The molecule has 0 saturated heterocycles. The fraction of sp³-hybridized carbons (Fsp3) is 0.385. The first-order valence-electron chi connectivity index (χ1n) is 5.70. The van der Waals surface area contributed by atoms with Gasteiger partial charge in [0.15, 0.2) is 0 Å². The number of hydrogen-bond acceptors (Lipinski definition) is 2. The molecule has 1 aromatic rings. The third kappa shape index (κ3) is 2.78. The summed E-state index contributed by atoms with van der Waals surface area (Å²) in [5, 5.41) is 0. The zero-order valence-corrected chi connectivity index (χ0v) is 10.3. The predicted octanol–water partition coefficient (Wildman–Crippen LogP) is 3.24. The summed E-state index contributed by atoms with van der Waals surface area (Å²) in [4.78, 5) is 3.83. The number of hydrogen-bond donors (Lipinski definition) is 0. The maximum atomic E-state index is 12.7. The van der Waals surface area contributed by atoms with Crippen LogP contribution in [0.3, 0.4) is 0 Å². The molecule has 0 saturated carbocycles. The van der Waals surface area contributed by atoms with Gasteiger partial charge in [0.25, 0.3) is 0 Å². The lowest BCUT2D eigenvalue weighted by Crippen LogP contribution is -2.32. The van der Waals surface area contributed by atoms with Crippen LogP contribution in [0.25, 0.3) is 0 Å². The second kappa shape index (κ2) is 4.55. The lowest BCUT2D eigenvalue weighted by molar-refractivity contribution is -0.137. The molecule has 0 fully saturated rings. The van der Waals surface area contributed by atoms with Crippen LogP contribution in [-0.4, -0.2) is 25.0 Å². The summed E-state index contributed by atoms with van der Waals surface area (Å²) in [6.45, 7) is 3.16. The highest BCUT2D eigenvalue weighted by atomic mass is 19.4. The Labute approximate surface area is 104 Å². The van der Waals surface area contributed by atoms with Crippen LogP contribution in [-0.2, 0) is 6.18 Å². The Kier molecular flexibility index (Phi) is 3.24. The quantitative estimate of drug-likeness (QED) is 0.761. The first-order valence-corrected chi connectivity index (χ1v) is 5.70. The smallest absolute Gasteiger partial charge is 0.377 e. The van der Waals surface area contributed by atoms with E-state index < -0.39 is 11.7 Å². The molecule has 1 aliphatic heterocycles. The summed E-state index contributed by atoms with van der Waals surface area (Å²) in [7, 11) is 1.94. The van der Waals surface area contributed by atoms with Crippen LogP contribution in [0, 0.1) is 6.92 Å². The summed E-state index contributed by atoms with van der Waals surface area (Å²) in [5.74, 6) is 0. The lowest BCUT2D eigenvalue weighted by Gasteiger charge is -2.29. The Morgan fingerprint density at radius 1 is 1.06 bits per heavy atom. The van der Waals surface area contributed by atoms with Gasteiger partial charge in [-0.2, -0.15) is 13.2 Å². The van der Waals surface area contributed by atoms with Crippen LogP contribution in [0.2, 0.25) is 0 Å². The zero-order valence-electron chi connectivity index (χ0n) is 10.3. The summed E-state index contributed by atoms with van der Waals surface area (Å²) in [5.41, 5.74) is 0.614. The lowest BCUT2D eigenvalue weighted by atomic mass is 10.1. The fourth-order valence-electron chi connectivity index (χ4n) is 1.92. The maximum absolute atomic E-state index is 12.7. The minimum Gasteiger partial charge on any atom is -0.377 e. The standard InChI is InChI=1S/C13H15F3N2/c1-10-7-11(13(14,15)16)9-12(8-10)18-5-3-17(2)4-6-18/h3,5,7-9H,4,6H2,1-2H3. The molecule has 5 heteroatoms. The Bertz CT molecular complexity index is 466. The third-order valence-electron chi connectivity index (χ3n) is 2.92. The molecule has 0 unspecified atom stereocenters. The second-order valence-electron chi connectivity index (χ2n) is 4.53. The van der Waals surface area contributed by atoms with Crippen LogP contribution in [0.5, 0.6) is 0 Å². The minimum absolute atomic E-state index is 0.590. The number of benzene rings is 1. The van der Waals surface area contributed by atoms with Gasteiger partial charge in [0.2, 0.25) is 0 Å². The second-order valence-corrected chi connectivity index (χ2v) is 4.53. The van der Waals surface area contributed by atoms with Crippen LogP contribution in [0.1, 0.15) is 11.1 Å². The molecule has 0 aliphatic carbocycles. The first-order chi connectivity index (χ1) is 8.36. The molecule has 0 N–H and O–H groups in total. The van der Waals surface area contributed by atoms with Crippen molar-refractivity contribution < 1.29 is 13.2 Å². The SMILES string of the molecule is Cc1cc(N2C=CN(C)CC2)cc(C(F)(F)F)c1. The van der Waals surface area contributed by atoms with Crippen molar-refractivity contribution in [3.05, 3.63) is 41.7 Å². The summed E-state index contributed by atoms with van der Waals surface area (Å²) < 4.78 is 38.2. The van der Waals surface area contributed by atoms with Gasteiger partial charge in [-0.05, 0) is 30.7 Å². The van der Waals surface area contributed by atoms with Gasteiger partial charge in [-0.25, -0.2) is 0 Å². The molecule has 0 atom stereocenters. The highest BCUT2D eigenvalue weighted by molar-refractivity contribution is 5.54. The van der Waals surface area contributed by atoms with Crippen molar-refractivity contribution in [2.24, 2.45) is 0 Å². The largest absolute Gasteiger partial charge is 0.416 e. The van der Waals surface area contributed by atoms with E-state index in [1.165, 1.54) is 12.1 Å². The van der Waals surface area contributed by atoms with Crippen molar-refractivity contribution in [1.82, 2.24) is 4.90 Å². The van der Waals surface area contributed by atoms with Gasteiger partial charge in [0, 0.05) is 38.2 Å². The summed E-state index contributed by atoms with van der Waals surface area (Å²) in [6.07, 6.45) is -0.630. The van der Waals surface area contributed by atoms with E-state index in [0.29, 0.717) is 17.8 Å². The molecule has 98 valence electrons. The van der Waals surface area contributed by atoms with Gasteiger partial charge < -0.3 is 9.80 Å². The first kappa shape index (κ1) is 12.8. The Morgan fingerprint density at radius 3 is 2.33 bits per heavy atom. The van der Waals surface area contributed by atoms with Crippen LogP contribution in [0.15, 0.2) is 30.6 Å². The Balaban J connectivity index is 2.34. The van der Waals surface area contributed by atoms with Gasteiger partial charge in [-0.1, -0.05) is 0 Å². The zero-order chi connectivity index (χ0) is 13.3. The van der Waals surface area contributed by atoms with Crippen LogP contribution < -0.4 is 4.90 Å². The van der Waals surface area contributed by atoms with E-state index in [1.807, 2.05) is 23.0 Å². The number of likely N-dealkylation sites (N-methyl/N-ethyl adjacent to an activating group) is 1. The number of alkyl halides is 3. The van der Waals surface area contributed by atoms with Crippen molar-refractivity contribution in [3.63, 3.8) is 0 Å². The Hall–Kier alpha value is -1.65. The van der Waals surface area contributed by atoms with E-state index in [4.69, 9.17) is 0 Å². The van der Waals surface area contributed by atoms with E-state index in [-0.39, 0.29) is 0 Å². The van der Waals surface area contributed by atoms with E-state index in [9.17, 15) is 13.2 Å². The van der Waals surface area contributed by atoms with Gasteiger partial charge in [-0.3, -0.25) is 0 Å². The number of halogens is 3. The average molecular weight is 256 g/mol. The van der Waals surface area contributed by atoms with Crippen molar-refractivity contribution in [2.75, 3.05) is 25.0 Å². The molecular formula is C13H15F3N2. The van der Waals surface area contributed by atoms with E-state index in [0.717, 1.165) is 6.54 Å². The number of anilines is 1. The predicted molar refractivity (Wildman–Crippen MR) is 65.3 cm³/mol. The van der Waals surface area contributed by atoms with Crippen LogP contribution in [0.4, 0.5) is 18.9 Å². The van der Waals surface area contributed by atoms with Gasteiger partial charge in [-0.15, -0.1) is 0 Å². The third-order valence-corrected chi connectivity index (χ3v) is 2.92. The number of aryl methyl sites for hydroxylation is 1. The molecule has 0 radical (unpaired) electrons. The number of nitrogens with zero attached hydrogens (tertiary/aromatic N) is 2. The van der Waals surface area contributed by atoms with Crippen molar-refractivity contribution >= 4 is 5.69 Å². The number of rotatable bonds is 1. The Morgan fingerprint density at radius 2 is 1.78 bits per heavy atom. The van der Waals surface area contributed by atoms with Gasteiger partial charge in [0.1, 0.15) is 0 Å². The molecule has 18 heavy (non-hydrogen) atoms. The van der Waals surface area contributed by atoms with Crippen molar-refractivity contribution in [1.29, 1.82) is 0 Å². The van der Waals surface area contributed by atoms with Gasteiger partial charge >= 0.3 is 6.18 Å². The van der Waals surface area contributed by atoms with E-state index in [2.05, 4.69) is 0 Å². The molecule has 0 amide bonds. The fourth-order valence-corrected chi connectivity index (χ4v) is 1.92. The average Bonchev–Trinajstić information content (AvgIpc) is 2.28.